The molecule has 1 fully saturated rings. The highest BCUT2D eigenvalue weighted by molar-refractivity contribution is 5.73. The lowest BCUT2D eigenvalue weighted by molar-refractivity contribution is -0.141. The van der Waals surface area contributed by atoms with E-state index < -0.39 is 5.97 Å². The van der Waals surface area contributed by atoms with Gasteiger partial charge in [-0.2, -0.15) is 0 Å². The summed E-state index contributed by atoms with van der Waals surface area (Å²) >= 11 is 0. The van der Waals surface area contributed by atoms with Crippen molar-refractivity contribution in [2.45, 2.75) is 25.8 Å². The molecule has 4 nitrogen and oxygen atoms in total. The highest BCUT2D eigenvalue weighted by Gasteiger charge is 2.29. The number of aliphatic carboxylic acids is 1. The minimum atomic E-state index is -0.707. The minimum absolute atomic E-state index is 0.295. The topological polar surface area (TPSA) is 52.6 Å². The van der Waals surface area contributed by atoms with Gasteiger partial charge in [-0.1, -0.05) is 6.92 Å². The predicted molar refractivity (Wildman–Crippen MR) is 55.3 cm³/mol. The number of likely N-dealkylation sites (tertiary alicyclic amines) is 1. The second-order valence-electron chi connectivity index (χ2n) is 4.01. The zero-order chi connectivity index (χ0) is 10.6. The number of hydrogen-bond donors (Lipinski definition) is 2. The Hall–Kier alpha value is -0.610. The number of carboxylic acids is 1. The smallest absolute Gasteiger partial charge is 0.320 e. The normalized spacial score (nSPS) is 22.1. The van der Waals surface area contributed by atoms with Gasteiger partial charge in [0.2, 0.25) is 0 Å². The molecule has 1 saturated heterocycles. The molecule has 4 heteroatoms. The number of hydrogen-bond acceptors (Lipinski definition) is 3. The molecule has 0 amide bonds. The van der Waals surface area contributed by atoms with Crippen molar-refractivity contribution in [1.29, 1.82) is 0 Å². The maximum Gasteiger partial charge on any atom is 0.320 e. The first kappa shape index (κ1) is 11.5. The second-order valence-corrected chi connectivity index (χ2v) is 4.01. The Bertz CT molecular complexity index is 189. The summed E-state index contributed by atoms with van der Waals surface area (Å²) in [7, 11) is 2.08. The predicted octanol–water partition coefficient (Wildman–Crippen LogP) is 0.391. The van der Waals surface area contributed by atoms with E-state index in [0.717, 1.165) is 32.5 Å². The van der Waals surface area contributed by atoms with Crippen LogP contribution in [0.2, 0.25) is 0 Å². The lowest BCUT2D eigenvalue weighted by atomic mass is 9.89. The summed E-state index contributed by atoms with van der Waals surface area (Å²) in [5.74, 6) is -0.412. The molecule has 0 saturated carbocycles. The summed E-state index contributed by atoms with van der Waals surface area (Å²) in [4.78, 5) is 13.2. The molecule has 1 aliphatic heterocycles. The average molecular weight is 200 g/mol. The fraction of sp³-hybridized carbons (Fsp3) is 0.900. The van der Waals surface area contributed by atoms with Gasteiger partial charge in [0.15, 0.2) is 0 Å². The van der Waals surface area contributed by atoms with Gasteiger partial charge in [0.1, 0.15) is 6.04 Å². The number of nitrogens with one attached hydrogen (secondary N) is 1. The molecule has 1 heterocycles. The van der Waals surface area contributed by atoms with Crippen LogP contribution in [0.15, 0.2) is 0 Å². The lowest BCUT2D eigenvalue weighted by Crippen LogP contribution is -2.46. The second kappa shape index (κ2) is 5.32. The number of carbonyl (C=O) groups is 1. The van der Waals surface area contributed by atoms with Gasteiger partial charge in [0, 0.05) is 0 Å². The fourth-order valence-corrected chi connectivity index (χ4v) is 2.04. The summed E-state index contributed by atoms with van der Waals surface area (Å²) in [6, 6.07) is -0.353. The monoisotopic (exact) mass is 200 g/mol. The van der Waals surface area contributed by atoms with Crippen molar-refractivity contribution in [3.8, 4) is 0 Å². The maximum atomic E-state index is 11.0. The highest BCUT2D eigenvalue weighted by Crippen LogP contribution is 2.19. The summed E-state index contributed by atoms with van der Waals surface area (Å²) in [5, 5.41) is 12.1. The molecular formula is C10H20N2O2. The summed E-state index contributed by atoms with van der Waals surface area (Å²) < 4.78 is 0. The van der Waals surface area contributed by atoms with Crippen molar-refractivity contribution < 1.29 is 9.90 Å². The number of nitrogens with zero attached hydrogens (tertiary/aromatic N) is 1. The lowest BCUT2D eigenvalue weighted by Gasteiger charge is -2.32. The molecule has 1 aliphatic rings. The molecule has 0 aromatic carbocycles. The molecule has 0 aliphatic carbocycles. The molecule has 0 bridgehead atoms. The van der Waals surface area contributed by atoms with E-state index >= 15 is 0 Å². The first-order valence-electron chi connectivity index (χ1n) is 5.30. The molecule has 0 spiro atoms. The number of likely N-dealkylation sites (N-methyl/N-ethyl adjacent to an activating group) is 1. The van der Waals surface area contributed by atoms with Gasteiger partial charge in [0.25, 0.3) is 0 Å². The van der Waals surface area contributed by atoms with Crippen LogP contribution in [0.25, 0.3) is 0 Å². The van der Waals surface area contributed by atoms with Crippen LogP contribution in [-0.4, -0.2) is 48.7 Å². The van der Waals surface area contributed by atoms with E-state index in [9.17, 15) is 4.79 Å². The van der Waals surface area contributed by atoms with Crippen molar-refractivity contribution in [1.82, 2.24) is 10.2 Å². The Morgan fingerprint density at radius 3 is 2.57 bits per heavy atom. The summed E-state index contributed by atoms with van der Waals surface area (Å²) in [6.07, 6.45) is 1.97. The molecule has 1 atom stereocenters. The van der Waals surface area contributed by atoms with E-state index in [2.05, 4.69) is 17.3 Å². The molecule has 1 unspecified atom stereocenters. The Labute approximate surface area is 85.3 Å². The van der Waals surface area contributed by atoms with Crippen LogP contribution in [0.3, 0.4) is 0 Å². The van der Waals surface area contributed by atoms with Crippen LogP contribution in [0.4, 0.5) is 0 Å². The van der Waals surface area contributed by atoms with Crippen LogP contribution >= 0.6 is 0 Å². The highest BCUT2D eigenvalue weighted by atomic mass is 16.4. The van der Waals surface area contributed by atoms with Crippen LogP contribution in [0.1, 0.15) is 19.8 Å². The third kappa shape index (κ3) is 2.96. The third-order valence-corrected chi connectivity index (χ3v) is 2.92. The van der Waals surface area contributed by atoms with E-state index in [4.69, 9.17) is 5.11 Å². The van der Waals surface area contributed by atoms with Crippen molar-refractivity contribution in [2.24, 2.45) is 5.92 Å². The van der Waals surface area contributed by atoms with E-state index in [1.165, 1.54) is 0 Å². The molecule has 14 heavy (non-hydrogen) atoms. The van der Waals surface area contributed by atoms with Gasteiger partial charge < -0.3 is 15.3 Å². The Morgan fingerprint density at radius 2 is 2.14 bits per heavy atom. The van der Waals surface area contributed by atoms with Gasteiger partial charge in [-0.3, -0.25) is 4.79 Å². The number of carboxylic acid groups (broad SMARTS) is 1. The average Bonchev–Trinajstić information content (AvgIpc) is 2.15. The molecule has 0 aromatic rings. The largest absolute Gasteiger partial charge is 0.480 e. The van der Waals surface area contributed by atoms with Crippen LogP contribution in [0.5, 0.6) is 0 Å². The third-order valence-electron chi connectivity index (χ3n) is 2.92. The Balaban J connectivity index is 2.47. The quantitative estimate of drug-likeness (QED) is 0.689. The minimum Gasteiger partial charge on any atom is -0.480 e. The maximum absolute atomic E-state index is 11.0. The zero-order valence-corrected chi connectivity index (χ0v) is 8.99. The number of rotatable bonds is 4. The Kier molecular flexibility index (Phi) is 4.35. The van der Waals surface area contributed by atoms with Gasteiger partial charge in [-0.05, 0) is 45.4 Å². The number of piperidine rings is 1. The molecule has 0 radical (unpaired) electrons. The molecule has 82 valence electrons. The first-order valence-corrected chi connectivity index (χ1v) is 5.30. The van der Waals surface area contributed by atoms with Crippen LogP contribution in [0, 0.1) is 5.92 Å². The SMILES string of the molecule is CCNC(C(=O)O)C1CCN(C)CC1. The molecular weight excluding hydrogens is 180 g/mol. The van der Waals surface area contributed by atoms with Gasteiger partial charge >= 0.3 is 5.97 Å². The van der Waals surface area contributed by atoms with Gasteiger partial charge in [-0.15, -0.1) is 0 Å². The van der Waals surface area contributed by atoms with E-state index in [1.54, 1.807) is 0 Å². The Morgan fingerprint density at radius 1 is 1.57 bits per heavy atom. The molecule has 2 N–H and O–H groups in total. The zero-order valence-electron chi connectivity index (χ0n) is 8.99. The van der Waals surface area contributed by atoms with Gasteiger partial charge in [-0.25, -0.2) is 0 Å². The summed E-state index contributed by atoms with van der Waals surface area (Å²) in [6.45, 7) is 4.70. The van der Waals surface area contributed by atoms with Crippen molar-refractivity contribution in [3.63, 3.8) is 0 Å². The standard InChI is InChI=1S/C10H20N2O2/c1-3-11-9(10(13)14)8-4-6-12(2)7-5-8/h8-9,11H,3-7H2,1-2H3,(H,13,14). The summed E-state index contributed by atoms with van der Waals surface area (Å²) in [5.41, 5.74) is 0. The van der Waals surface area contributed by atoms with Crippen molar-refractivity contribution in [2.75, 3.05) is 26.7 Å². The first-order chi connectivity index (χ1) is 6.65. The molecule has 1 rings (SSSR count). The van der Waals surface area contributed by atoms with Crippen molar-refractivity contribution in [3.05, 3.63) is 0 Å². The van der Waals surface area contributed by atoms with Crippen LogP contribution < -0.4 is 5.32 Å². The van der Waals surface area contributed by atoms with E-state index in [0.29, 0.717) is 5.92 Å². The van der Waals surface area contributed by atoms with E-state index in [-0.39, 0.29) is 6.04 Å². The van der Waals surface area contributed by atoms with Crippen molar-refractivity contribution >= 4 is 5.97 Å². The fourth-order valence-electron chi connectivity index (χ4n) is 2.04. The van der Waals surface area contributed by atoms with Crippen LogP contribution in [-0.2, 0) is 4.79 Å². The molecule has 0 aromatic heterocycles. The van der Waals surface area contributed by atoms with E-state index in [1.807, 2.05) is 6.92 Å². The van der Waals surface area contributed by atoms with Gasteiger partial charge in [0.05, 0.1) is 0 Å².